The minimum atomic E-state index is 0.775. The van der Waals surface area contributed by atoms with Gasteiger partial charge >= 0.3 is 0 Å². The Morgan fingerprint density at radius 1 is 1.14 bits per heavy atom. The maximum Gasteiger partial charge on any atom is 0.160 e. The Labute approximate surface area is 125 Å². The van der Waals surface area contributed by atoms with E-state index in [1.54, 1.807) is 14.2 Å². The van der Waals surface area contributed by atoms with Gasteiger partial charge in [0.2, 0.25) is 0 Å². The van der Waals surface area contributed by atoms with Crippen LogP contribution in [0.4, 0.5) is 0 Å². The van der Waals surface area contributed by atoms with Crippen LogP contribution < -0.4 is 14.8 Å². The number of methoxy groups -OCH3 is 2. The first kappa shape index (κ1) is 15.4. The van der Waals surface area contributed by atoms with Crippen molar-refractivity contribution >= 4 is 0 Å². The number of nitrogens with two attached hydrogens (primary N) is 1. The fraction of sp³-hybridized carbons (Fsp3) is 0.438. The highest BCUT2D eigenvalue weighted by atomic mass is 16.5. The maximum atomic E-state index is 5.33. The molecule has 114 valence electrons. The highest BCUT2D eigenvalue weighted by Crippen LogP contribution is 2.27. The van der Waals surface area contributed by atoms with Crippen molar-refractivity contribution in [2.75, 3.05) is 20.8 Å². The smallest absolute Gasteiger partial charge is 0.160 e. The van der Waals surface area contributed by atoms with Crippen LogP contribution in [0.1, 0.15) is 18.2 Å². The van der Waals surface area contributed by atoms with E-state index in [1.165, 1.54) is 11.3 Å². The largest absolute Gasteiger partial charge is 0.493 e. The highest BCUT2D eigenvalue weighted by Gasteiger charge is 2.06. The van der Waals surface area contributed by atoms with Crippen LogP contribution >= 0.6 is 0 Å². The molecule has 0 atom stereocenters. The maximum absolute atomic E-state index is 5.33. The van der Waals surface area contributed by atoms with Crippen LogP contribution in [0.2, 0.25) is 0 Å². The number of hydrogen-bond acceptors (Lipinski definition) is 3. The molecule has 0 aliphatic heterocycles. The quantitative estimate of drug-likeness (QED) is 0.744. The van der Waals surface area contributed by atoms with Crippen LogP contribution in [-0.2, 0) is 19.5 Å². The van der Waals surface area contributed by atoms with Gasteiger partial charge in [0.1, 0.15) is 6.54 Å². The lowest BCUT2D eigenvalue weighted by atomic mass is 10.1. The Morgan fingerprint density at radius 3 is 2.67 bits per heavy atom. The van der Waals surface area contributed by atoms with E-state index >= 15 is 0 Å². The van der Waals surface area contributed by atoms with E-state index in [2.05, 4.69) is 29.5 Å². The van der Waals surface area contributed by atoms with Gasteiger partial charge in [0.25, 0.3) is 0 Å². The van der Waals surface area contributed by atoms with Crippen molar-refractivity contribution in [1.29, 1.82) is 0 Å². The molecule has 0 aliphatic rings. The second-order valence-electron chi connectivity index (χ2n) is 4.86. The molecule has 5 nitrogen and oxygen atoms in total. The molecule has 0 saturated heterocycles. The molecular weight excluding hydrogens is 266 g/mol. The fourth-order valence-electron chi connectivity index (χ4n) is 2.37. The normalized spacial score (nSPS) is 10.6. The number of benzene rings is 1. The summed E-state index contributed by atoms with van der Waals surface area (Å²) in [6, 6.07) is 8.17. The van der Waals surface area contributed by atoms with Gasteiger partial charge in [0.15, 0.2) is 11.5 Å². The molecule has 0 radical (unpaired) electrons. The van der Waals surface area contributed by atoms with Crippen molar-refractivity contribution in [3.63, 3.8) is 0 Å². The third-order valence-electron chi connectivity index (χ3n) is 3.54. The van der Waals surface area contributed by atoms with Crippen molar-refractivity contribution in [3.8, 4) is 11.5 Å². The van der Waals surface area contributed by atoms with E-state index in [0.717, 1.165) is 37.6 Å². The van der Waals surface area contributed by atoms with Crippen LogP contribution in [0.5, 0.6) is 11.5 Å². The van der Waals surface area contributed by atoms with Gasteiger partial charge in [-0.05, 0) is 30.7 Å². The van der Waals surface area contributed by atoms with Gasteiger partial charge in [-0.15, -0.1) is 0 Å². The van der Waals surface area contributed by atoms with E-state index in [1.807, 2.05) is 23.0 Å². The summed E-state index contributed by atoms with van der Waals surface area (Å²) in [6.45, 7) is 5.03. The first-order valence-electron chi connectivity index (χ1n) is 7.31. The number of aryl methyl sites for hydroxylation is 1. The van der Waals surface area contributed by atoms with E-state index in [-0.39, 0.29) is 0 Å². The predicted molar refractivity (Wildman–Crippen MR) is 81.6 cm³/mol. The van der Waals surface area contributed by atoms with Gasteiger partial charge in [-0.1, -0.05) is 6.07 Å². The number of rotatable bonds is 8. The summed E-state index contributed by atoms with van der Waals surface area (Å²) in [7, 11) is 3.32. The van der Waals surface area contributed by atoms with Crippen LogP contribution in [0.25, 0.3) is 0 Å². The standard InChI is InChI=1S/C16H23N3O2/c1-4-19-14(8-10-18-19)12-17-9-7-13-5-6-15(20-2)16(11-13)21-3/h5-6,8,10-11,17H,4,7,9,12H2,1-3H3/p+1. The Bertz CT molecular complexity index is 566. The molecule has 0 amide bonds. The number of aromatic nitrogens is 2. The molecule has 0 fully saturated rings. The SMILES string of the molecule is CCn1nccc1C[NH2+]CCc1ccc(OC)c(OC)c1. The molecule has 0 unspecified atom stereocenters. The molecule has 0 aliphatic carbocycles. The Morgan fingerprint density at radius 2 is 1.95 bits per heavy atom. The summed E-state index contributed by atoms with van der Waals surface area (Å²) in [4.78, 5) is 0. The van der Waals surface area contributed by atoms with Crippen molar-refractivity contribution < 1.29 is 14.8 Å². The Balaban J connectivity index is 1.83. The summed E-state index contributed by atoms with van der Waals surface area (Å²) in [6.07, 6.45) is 2.86. The van der Waals surface area contributed by atoms with Crippen molar-refractivity contribution in [2.24, 2.45) is 0 Å². The number of ether oxygens (including phenoxy) is 2. The summed E-state index contributed by atoms with van der Waals surface area (Å²) in [5.41, 5.74) is 2.53. The van der Waals surface area contributed by atoms with E-state index in [0.29, 0.717) is 0 Å². The summed E-state index contributed by atoms with van der Waals surface area (Å²) < 4.78 is 12.6. The minimum Gasteiger partial charge on any atom is -0.493 e. The molecule has 0 bridgehead atoms. The van der Waals surface area contributed by atoms with Gasteiger partial charge in [-0.25, -0.2) is 0 Å². The molecule has 1 heterocycles. The molecule has 5 heteroatoms. The van der Waals surface area contributed by atoms with E-state index in [9.17, 15) is 0 Å². The first-order valence-corrected chi connectivity index (χ1v) is 7.31. The van der Waals surface area contributed by atoms with E-state index in [4.69, 9.17) is 9.47 Å². The van der Waals surface area contributed by atoms with Crippen molar-refractivity contribution in [1.82, 2.24) is 9.78 Å². The molecule has 2 rings (SSSR count). The van der Waals surface area contributed by atoms with Crippen LogP contribution in [-0.4, -0.2) is 30.5 Å². The molecule has 0 spiro atoms. The lowest BCUT2D eigenvalue weighted by Gasteiger charge is -2.09. The van der Waals surface area contributed by atoms with E-state index < -0.39 is 0 Å². The zero-order valence-corrected chi connectivity index (χ0v) is 13.0. The average molecular weight is 290 g/mol. The van der Waals surface area contributed by atoms with Crippen LogP contribution in [0.3, 0.4) is 0 Å². The Kier molecular flexibility index (Phi) is 5.63. The summed E-state index contributed by atoms with van der Waals surface area (Å²) >= 11 is 0. The molecular formula is C16H24N3O2+. The molecule has 0 saturated carbocycles. The Hall–Kier alpha value is -2.01. The van der Waals surface area contributed by atoms with Gasteiger partial charge in [0.05, 0.1) is 26.5 Å². The van der Waals surface area contributed by atoms with Crippen molar-refractivity contribution in [2.45, 2.75) is 26.4 Å². The van der Waals surface area contributed by atoms with Crippen LogP contribution in [0, 0.1) is 0 Å². The zero-order valence-electron chi connectivity index (χ0n) is 13.0. The average Bonchev–Trinajstić information content (AvgIpc) is 2.98. The molecule has 2 N–H and O–H groups in total. The minimum absolute atomic E-state index is 0.775. The predicted octanol–water partition coefficient (Wildman–Crippen LogP) is 1.23. The monoisotopic (exact) mass is 290 g/mol. The zero-order chi connectivity index (χ0) is 15.1. The van der Waals surface area contributed by atoms with Crippen molar-refractivity contribution in [3.05, 3.63) is 41.7 Å². The number of quaternary nitrogens is 1. The molecule has 1 aromatic heterocycles. The molecule has 2 aromatic rings. The van der Waals surface area contributed by atoms with Gasteiger partial charge in [0, 0.05) is 19.2 Å². The van der Waals surface area contributed by atoms with Crippen LogP contribution in [0.15, 0.2) is 30.5 Å². The molecule has 1 aromatic carbocycles. The third-order valence-corrected chi connectivity index (χ3v) is 3.54. The molecule has 21 heavy (non-hydrogen) atoms. The summed E-state index contributed by atoms with van der Waals surface area (Å²) in [5.74, 6) is 1.57. The highest BCUT2D eigenvalue weighted by molar-refractivity contribution is 5.42. The lowest BCUT2D eigenvalue weighted by molar-refractivity contribution is -0.670. The fourth-order valence-corrected chi connectivity index (χ4v) is 2.37. The van der Waals surface area contributed by atoms with Gasteiger partial charge in [-0.3, -0.25) is 4.68 Å². The second-order valence-corrected chi connectivity index (χ2v) is 4.86. The lowest BCUT2D eigenvalue weighted by Crippen LogP contribution is -2.83. The van der Waals surface area contributed by atoms with Gasteiger partial charge < -0.3 is 14.8 Å². The summed E-state index contributed by atoms with van der Waals surface area (Å²) in [5, 5.41) is 6.59. The topological polar surface area (TPSA) is 52.9 Å². The van der Waals surface area contributed by atoms with Gasteiger partial charge in [-0.2, -0.15) is 5.10 Å². The third kappa shape index (κ3) is 3.98. The second kappa shape index (κ2) is 7.69. The number of nitrogens with zero attached hydrogens (tertiary/aromatic N) is 2. The number of hydrogen-bond donors (Lipinski definition) is 1. The first-order chi connectivity index (χ1) is 10.3.